The zero-order valence-corrected chi connectivity index (χ0v) is 13.0. The van der Waals surface area contributed by atoms with Crippen LogP contribution in [0, 0.1) is 12.7 Å². The molecule has 24 heavy (non-hydrogen) atoms. The Bertz CT molecular complexity index is 774. The highest BCUT2D eigenvalue weighted by atomic mass is 19.1. The lowest BCUT2D eigenvalue weighted by atomic mass is 10.0. The molecule has 0 unspecified atom stereocenters. The van der Waals surface area contributed by atoms with Crippen molar-refractivity contribution in [1.29, 1.82) is 0 Å². The third kappa shape index (κ3) is 3.53. The summed E-state index contributed by atoms with van der Waals surface area (Å²) in [4.78, 5) is 24.1. The lowest BCUT2D eigenvalue weighted by molar-refractivity contribution is -0.136. The number of amides is 2. The highest BCUT2D eigenvalue weighted by Gasteiger charge is 2.25. The zero-order chi connectivity index (χ0) is 17.1. The van der Waals surface area contributed by atoms with Gasteiger partial charge in [-0.25, -0.2) is 4.39 Å². The smallest absolute Gasteiger partial charge is 0.314 e. The van der Waals surface area contributed by atoms with Gasteiger partial charge in [-0.05, 0) is 38.0 Å². The highest BCUT2D eigenvalue weighted by molar-refractivity contribution is 6.39. The molecule has 1 atom stereocenters. The molecule has 2 aromatic rings. The van der Waals surface area contributed by atoms with Gasteiger partial charge in [0, 0.05) is 11.6 Å². The number of fused-ring (bicyclic) bond motifs is 1. The van der Waals surface area contributed by atoms with Crippen molar-refractivity contribution in [3.63, 3.8) is 0 Å². The van der Waals surface area contributed by atoms with E-state index in [-0.39, 0.29) is 5.82 Å². The van der Waals surface area contributed by atoms with E-state index >= 15 is 0 Å². The number of benzene rings is 1. The summed E-state index contributed by atoms with van der Waals surface area (Å²) in [6.45, 7) is 2.13. The van der Waals surface area contributed by atoms with Crippen LogP contribution in [0.2, 0.25) is 0 Å². The largest absolute Gasteiger partial charge is 0.493 e. The summed E-state index contributed by atoms with van der Waals surface area (Å²) in [5, 5.41) is 8.55. The van der Waals surface area contributed by atoms with E-state index in [1.807, 2.05) is 0 Å². The van der Waals surface area contributed by atoms with Crippen molar-refractivity contribution in [1.82, 2.24) is 10.5 Å². The van der Waals surface area contributed by atoms with Gasteiger partial charge < -0.3 is 14.6 Å². The van der Waals surface area contributed by atoms with Gasteiger partial charge in [-0.1, -0.05) is 5.16 Å². The molecule has 2 amide bonds. The Labute approximate surface area is 137 Å². The number of aryl methyl sites for hydroxylation is 1. The minimum Gasteiger partial charge on any atom is -0.493 e. The fourth-order valence-electron chi connectivity index (χ4n) is 2.52. The number of rotatable bonds is 2. The number of nitrogens with one attached hydrogen (secondary N) is 2. The van der Waals surface area contributed by atoms with Crippen molar-refractivity contribution in [2.75, 3.05) is 11.9 Å². The van der Waals surface area contributed by atoms with Crippen molar-refractivity contribution in [3.8, 4) is 5.75 Å². The number of hydrogen-bond acceptors (Lipinski definition) is 5. The standard InChI is InChI=1S/C16H16FN3O4/c1-9-7-14(20-24-9)19-16(22)15(21)18-12-3-2-6-23-13-5-4-10(17)8-11(12)13/h4-5,7-8,12H,2-3,6H2,1H3,(H,18,21)(H,19,20,22)/t12-/m0/s1. The molecule has 0 saturated heterocycles. The molecule has 0 saturated carbocycles. The Morgan fingerprint density at radius 2 is 2.12 bits per heavy atom. The van der Waals surface area contributed by atoms with E-state index in [9.17, 15) is 14.0 Å². The van der Waals surface area contributed by atoms with Crippen molar-refractivity contribution < 1.29 is 23.2 Å². The van der Waals surface area contributed by atoms with Crippen LogP contribution in [0.25, 0.3) is 0 Å². The second kappa shape index (κ2) is 6.69. The van der Waals surface area contributed by atoms with E-state index < -0.39 is 23.7 Å². The number of nitrogens with zero attached hydrogens (tertiary/aromatic N) is 1. The van der Waals surface area contributed by atoms with Crippen LogP contribution < -0.4 is 15.4 Å². The Balaban J connectivity index is 1.72. The first-order valence-corrected chi connectivity index (χ1v) is 7.50. The number of hydrogen-bond donors (Lipinski definition) is 2. The van der Waals surface area contributed by atoms with Gasteiger partial charge in [-0.2, -0.15) is 0 Å². The molecule has 8 heteroatoms. The Hall–Kier alpha value is -2.90. The van der Waals surface area contributed by atoms with Gasteiger partial charge in [0.05, 0.1) is 12.6 Å². The first kappa shape index (κ1) is 16.0. The summed E-state index contributed by atoms with van der Waals surface area (Å²) in [5.74, 6) is -0.962. The summed E-state index contributed by atoms with van der Waals surface area (Å²) >= 11 is 0. The molecule has 0 aliphatic carbocycles. The minimum atomic E-state index is -0.869. The molecule has 0 fully saturated rings. The molecule has 1 aliphatic rings. The van der Waals surface area contributed by atoms with Crippen LogP contribution in [0.1, 0.15) is 30.2 Å². The van der Waals surface area contributed by atoms with Gasteiger partial charge in [0.1, 0.15) is 17.3 Å². The normalized spacial score (nSPS) is 16.5. The molecule has 1 aliphatic heterocycles. The van der Waals surface area contributed by atoms with Gasteiger partial charge in [-0.3, -0.25) is 14.9 Å². The van der Waals surface area contributed by atoms with Crippen molar-refractivity contribution in [3.05, 3.63) is 41.4 Å². The molecule has 0 radical (unpaired) electrons. The predicted octanol–water partition coefficient (Wildman–Crippen LogP) is 2.09. The highest BCUT2D eigenvalue weighted by Crippen LogP contribution is 2.32. The average Bonchev–Trinajstić information content (AvgIpc) is 2.85. The second-order valence-corrected chi connectivity index (χ2v) is 5.48. The van der Waals surface area contributed by atoms with E-state index in [1.165, 1.54) is 24.3 Å². The van der Waals surface area contributed by atoms with Crippen LogP contribution in [0.15, 0.2) is 28.8 Å². The van der Waals surface area contributed by atoms with Crippen LogP contribution in [0.5, 0.6) is 5.75 Å². The van der Waals surface area contributed by atoms with Gasteiger partial charge in [-0.15, -0.1) is 0 Å². The monoisotopic (exact) mass is 333 g/mol. The number of halogens is 1. The van der Waals surface area contributed by atoms with Gasteiger partial charge in [0.25, 0.3) is 0 Å². The Morgan fingerprint density at radius 1 is 1.29 bits per heavy atom. The third-order valence-corrected chi connectivity index (χ3v) is 3.62. The van der Waals surface area contributed by atoms with E-state index in [0.717, 1.165) is 0 Å². The Morgan fingerprint density at radius 3 is 2.88 bits per heavy atom. The molecule has 1 aromatic heterocycles. The lowest BCUT2D eigenvalue weighted by Crippen LogP contribution is -2.37. The molecule has 0 spiro atoms. The molecular weight excluding hydrogens is 317 g/mol. The predicted molar refractivity (Wildman–Crippen MR) is 81.9 cm³/mol. The number of carbonyl (C=O) groups excluding carboxylic acids is 2. The Kier molecular flexibility index (Phi) is 4.45. The fraction of sp³-hybridized carbons (Fsp3) is 0.312. The van der Waals surface area contributed by atoms with Crippen LogP contribution in [-0.2, 0) is 9.59 Å². The number of aromatic nitrogens is 1. The third-order valence-electron chi connectivity index (χ3n) is 3.62. The maximum atomic E-state index is 13.5. The second-order valence-electron chi connectivity index (χ2n) is 5.48. The molecule has 1 aromatic carbocycles. The topological polar surface area (TPSA) is 93.5 Å². The molecule has 2 N–H and O–H groups in total. The van der Waals surface area contributed by atoms with Crippen molar-refractivity contribution >= 4 is 17.6 Å². The summed E-state index contributed by atoms with van der Waals surface area (Å²) in [6, 6.07) is 5.12. The van der Waals surface area contributed by atoms with Gasteiger partial charge in [0.15, 0.2) is 5.82 Å². The summed E-state index contributed by atoms with van der Waals surface area (Å²) in [5.41, 5.74) is 0.519. The quantitative estimate of drug-likeness (QED) is 0.821. The van der Waals surface area contributed by atoms with Crippen LogP contribution in [-0.4, -0.2) is 23.6 Å². The minimum absolute atomic E-state index is 0.156. The zero-order valence-electron chi connectivity index (χ0n) is 13.0. The SMILES string of the molecule is Cc1cc(NC(=O)C(=O)N[C@H]2CCCOc3ccc(F)cc32)no1. The molecule has 0 bridgehead atoms. The van der Waals surface area contributed by atoms with E-state index in [1.54, 1.807) is 6.92 Å². The van der Waals surface area contributed by atoms with Crippen molar-refractivity contribution in [2.24, 2.45) is 0 Å². The van der Waals surface area contributed by atoms with E-state index in [0.29, 0.717) is 36.5 Å². The maximum absolute atomic E-state index is 13.5. The first-order valence-electron chi connectivity index (χ1n) is 7.50. The maximum Gasteiger partial charge on any atom is 0.314 e. The number of anilines is 1. The molecule has 3 rings (SSSR count). The van der Waals surface area contributed by atoms with Gasteiger partial charge >= 0.3 is 11.8 Å². The van der Waals surface area contributed by atoms with Crippen LogP contribution >= 0.6 is 0 Å². The molecular formula is C16H16FN3O4. The summed E-state index contributed by atoms with van der Waals surface area (Å²) < 4.78 is 23.9. The summed E-state index contributed by atoms with van der Waals surface area (Å²) in [6.07, 6.45) is 1.21. The van der Waals surface area contributed by atoms with E-state index in [2.05, 4.69) is 15.8 Å². The number of ether oxygens (including phenoxy) is 1. The summed E-state index contributed by atoms with van der Waals surface area (Å²) in [7, 11) is 0. The molecule has 126 valence electrons. The van der Waals surface area contributed by atoms with Crippen molar-refractivity contribution in [2.45, 2.75) is 25.8 Å². The molecule has 7 nitrogen and oxygen atoms in total. The lowest BCUT2D eigenvalue weighted by Gasteiger charge is -2.18. The van der Waals surface area contributed by atoms with E-state index in [4.69, 9.17) is 9.26 Å². The average molecular weight is 333 g/mol. The van der Waals surface area contributed by atoms with Gasteiger partial charge in [0.2, 0.25) is 0 Å². The molecule has 2 heterocycles. The van der Waals surface area contributed by atoms with Crippen LogP contribution in [0.4, 0.5) is 10.2 Å². The number of carbonyl (C=O) groups is 2. The first-order chi connectivity index (χ1) is 11.5. The van der Waals surface area contributed by atoms with Crippen LogP contribution in [0.3, 0.4) is 0 Å². The fourth-order valence-corrected chi connectivity index (χ4v) is 2.52.